The monoisotopic (exact) mass is 231 g/mol. The van der Waals surface area contributed by atoms with Gasteiger partial charge in [0.1, 0.15) is 0 Å². The van der Waals surface area contributed by atoms with Gasteiger partial charge < -0.3 is 5.32 Å². The molecule has 2 heteroatoms. The first-order valence-electron chi connectivity index (χ1n) is 5.92. The second-order valence-electron chi connectivity index (χ2n) is 4.69. The molecule has 1 nitrogen and oxygen atoms in total. The number of rotatable bonds is 2. The Hall–Kier alpha value is -1.16. The third kappa shape index (κ3) is 3.42. The quantitative estimate of drug-likeness (QED) is 0.704. The second-order valence-corrected chi connectivity index (χ2v) is 4.69. The summed E-state index contributed by atoms with van der Waals surface area (Å²) in [7, 11) is 0. The molecule has 18 heavy (non-hydrogen) atoms. The van der Waals surface area contributed by atoms with Crippen LogP contribution in [0.15, 0.2) is 36.4 Å². The summed E-state index contributed by atoms with van der Waals surface area (Å²) in [5.74, 6) is 0. The van der Waals surface area contributed by atoms with Gasteiger partial charge in [-0.2, -0.15) is 0 Å². The first-order valence-corrected chi connectivity index (χ1v) is 5.92. The summed E-state index contributed by atoms with van der Waals surface area (Å²) < 4.78 is 0. The van der Waals surface area contributed by atoms with E-state index in [9.17, 15) is 0 Å². The molecule has 0 saturated heterocycles. The van der Waals surface area contributed by atoms with Crippen LogP contribution in [-0.2, 0) is 0 Å². The number of nitrogens with zero attached hydrogens (tertiary/aromatic N) is 1. The Kier molecular flexibility index (Phi) is 5.08. The maximum atomic E-state index is 4.72. The predicted octanol–water partition coefficient (Wildman–Crippen LogP) is 2.26. The van der Waals surface area contributed by atoms with E-state index < -0.39 is 0 Å². The van der Waals surface area contributed by atoms with Gasteiger partial charge in [0.05, 0.1) is 0 Å². The zero-order valence-corrected chi connectivity index (χ0v) is 11.9. The van der Waals surface area contributed by atoms with E-state index in [1.807, 2.05) is 0 Å². The Morgan fingerprint density at radius 1 is 0.667 bits per heavy atom. The van der Waals surface area contributed by atoms with Crippen molar-refractivity contribution in [3.63, 3.8) is 0 Å². The molecule has 0 saturated carbocycles. The summed E-state index contributed by atoms with van der Waals surface area (Å²) in [6.45, 7) is 8.42. The first-order chi connectivity index (χ1) is 8.06. The second kappa shape index (κ2) is 6.14. The third-order valence-corrected chi connectivity index (χ3v) is 2.95. The Balaban J connectivity index is 0.00000162. The number of hydrogen-bond acceptors (Lipinski definition) is 0. The van der Waals surface area contributed by atoms with Crippen molar-refractivity contribution < 1.29 is 18.9 Å². The van der Waals surface area contributed by atoms with Crippen LogP contribution < -0.4 is 18.9 Å². The van der Waals surface area contributed by atoms with Crippen LogP contribution in [0.4, 0.5) is 11.4 Å². The fraction of sp³-hybridized carbons (Fsp3) is 0.250. The standard InChI is InChI=1S/C16H18N.Li/c1-11-5-7-15(13(3)9-11)17-16-8-6-12(2)10-14(16)4;/h5-10H,1-4H3;/q-1;+1. The molecule has 0 radical (unpaired) electrons. The molecule has 2 aromatic rings. The van der Waals surface area contributed by atoms with Gasteiger partial charge in [0, 0.05) is 0 Å². The molecule has 0 amide bonds. The van der Waals surface area contributed by atoms with Crippen LogP contribution in [0.1, 0.15) is 22.3 Å². The summed E-state index contributed by atoms with van der Waals surface area (Å²) >= 11 is 0. The van der Waals surface area contributed by atoms with Crippen molar-refractivity contribution in [3.05, 3.63) is 64.0 Å². The summed E-state index contributed by atoms with van der Waals surface area (Å²) in [5.41, 5.74) is 7.13. The third-order valence-electron chi connectivity index (χ3n) is 2.95. The summed E-state index contributed by atoms with van der Waals surface area (Å²) in [6, 6.07) is 12.7. The maximum Gasteiger partial charge on any atom is 1.00 e. The normalized spacial score (nSPS) is 9.78. The van der Waals surface area contributed by atoms with Crippen LogP contribution in [0, 0.1) is 27.7 Å². The average molecular weight is 231 g/mol. The van der Waals surface area contributed by atoms with Gasteiger partial charge in [-0.15, -0.1) is 11.4 Å². The van der Waals surface area contributed by atoms with Crippen LogP contribution in [0.5, 0.6) is 0 Å². The van der Waals surface area contributed by atoms with Crippen molar-refractivity contribution in [2.24, 2.45) is 0 Å². The van der Waals surface area contributed by atoms with Crippen molar-refractivity contribution in [1.82, 2.24) is 0 Å². The van der Waals surface area contributed by atoms with Crippen LogP contribution in [0.25, 0.3) is 5.32 Å². The van der Waals surface area contributed by atoms with Crippen molar-refractivity contribution in [3.8, 4) is 0 Å². The van der Waals surface area contributed by atoms with Gasteiger partial charge in [0.25, 0.3) is 0 Å². The molecule has 0 heterocycles. The van der Waals surface area contributed by atoms with E-state index in [1.165, 1.54) is 22.3 Å². The molecule has 0 unspecified atom stereocenters. The average Bonchev–Trinajstić information content (AvgIpc) is 2.25. The van der Waals surface area contributed by atoms with Gasteiger partial charge in [-0.05, 0) is 27.7 Å². The van der Waals surface area contributed by atoms with E-state index >= 15 is 0 Å². The van der Waals surface area contributed by atoms with Crippen LogP contribution in [0.2, 0.25) is 0 Å². The largest absolute Gasteiger partial charge is 1.00 e. The van der Waals surface area contributed by atoms with Crippen LogP contribution >= 0.6 is 0 Å². The van der Waals surface area contributed by atoms with E-state index in [1.54, 1.807) is 0 Å². The van der Waals surface area contributed by atoms with E-state index in [0.29, 0.717) is 0 Å². The van der Waals surface area contributed by atoms with Crippen molar-refractivity contribution in [2.45, 2.75) is 27.7 Å². The smallest absolute Gasteiger partial charge is 0.657 e. The molecule has 0 aliphatic heterocycles. The van der Waals surface area contributed by atoms with Crippen LogP contribution in [-0.4, -0.2) is 0 Å². The number of hydrogen-bond donors (Lipinski definition) is 0. The number of aryl methyl sites for hydroxylation is 4. The molecular weight excluding hydrogens is 213 g/mol. The van der Waals surface area contributed by atoms with Gasteiger partial charge in [-0.3, -0.25) is 0 Å². The summed E-state index contributed by atoms with van der Waals surface area (Å²) in [4.78, 5) is 0. The van der Waals surface area contributed by atoms with E-state index in [4.69, 9.17) is 5.32 Å². The topological polar surface area (TPSA) is 14.1 Å². The van der Waals surface area contributed by atoms with E-state index in [-0.39, 0.29) is 18.9 Å². The Morgan fingerprint density at radius 3 is 1.39 bits per heavy atom. The summed E-state index contributed by atoms with van der Waals surface area (Å²) in [6.07, 6.45) is 0. The van der Waals surface area contributed by atoms with Gasteiger partial charge in [-0.1, -0.05) is 58.7 Å². The molecule has 0 fully saturated rings. The van der Waals surface area contributed by atoms with Gasteiger partial charge in [-0.25, -0.2) is 0 Å². The fourth-order valence-corrected chi connectivity index (χ4v) is 1.99. The van der Waals surface area contributed by atoms with Crippen molar-refractivity contribution in [1.29, 1.82) is 0 Å². The molecular formula is C16H18LiN. The molecule has 0 atom stereocenters. The molecule has 0 spiro atoms. The minimum absolute atomic E-state index is 0. The molecule has 0 bridgehead atoms. The Morgan fingerprint density at radius 2 is 1.06 bits per heavy atom. The zero-order valence-electron chi connectivity index (χ0n) is 11.9. The maximum absolute atomic E-state index is 4.72. The molecule has 2 aromatic carbocycles. The molecule has 88 valence electrons. The van der Waals surface area contributed by atoms with Crippen LogP contribution in [0.3, 0.4) is 0 Å². The van der Waals surface area contributed by atoms with E-state index in [0.717, 1.165) is 11.4 Å². The van der Waals surface area contributed by atoms with Crippen molar-refractivity contribution >= 4 is 11.4 Å². The van der Waals surface area contributed by atoms with Gasteiger partial charge in [0.2, 0.25) is 0 Å². The Bertz CT molecular complexity index is 497. The molecule has 2 rings (SSSR count). The minimum atomic E-state index is 0. The number of benzene rings is 2. The van der Waals surface area contributed by atoms with Crippen molar-refractivity contribution in [2.75, 3.05) is 0 Å². The molecule has 0 aromatic heterocycles. The van der Waals surface area contributed by atoms with E-state index in [2.05, 4.69) is 64.1 Å². The Labute approximate surface area is 122 Å². The molecule has 0 aliphatic carbocycles. The summed E-state index contributed by atoms with van der Waals surface area (Å²) in [5, 5.41) is 4.72. The first kappa shape index (κ1) is 14.9. The molecule has 0 aliphatic rings. The molecule has 0 N–H and O–H groups in total. The fourth-order valence-electron chi connectivity index (χ4n) is 1.99. The SMILES string of the molecule is Cc1ccc([N-]c2ccc(C)cc2C)c(C)c1.[Li+]. The zero-order chi connectivity index (χ0) is 12.4. The minimum Gasteiger partial charge on any atom is -0.657 e. The predicted molar refractivity (Wildman–Crippen MR) is 74.5 cm³/mol. The van der Waals surface area contributed by atoms with Gasteiger partial charge >= 0.3 is 18.9 Å². The van der Waals surface area contributed by atoms with Gasteiger partial charge in [0.15, 0.2) is 0 Å².